The van der Waals surface area contributed by atoms with Crippen molar-refractivity contribution in [3.63, 3.8) is 0 Å². The fraction of sp³-hybridized carbons (Fsp3) is 0.462. The molecule has 2 heterocycles. The van der Waals surface area contributed by atoms with Gasteiger partial charge < -0.3 is 19.6 Å². The fourth-order valence-corrected chi connectivity index (χ4v) is 2.53. The number of hydrogen-bond donors (Lipinski definition) is 1. The first-order valence-electron chi connectivity index (χ1n) is 6.42. The second-order valence-electron chi connectivity index (χ2n) is 4.80. The summed E-state index contributed by atoms with van der Waals surface area (Å²) in [6.07, 6.45) is -0.934. The minimum absolute atomic E-state index is 0.168. The number of methoxy groups -OCH3 is 1. The molecule has 1 aromatic heterocycles. The van der Waals surface area contributed by atoms with Crippen molar-refractivity contribution < 1.29 is 19.4 Å². The van der Waals surface area contributed by atoms with E-state index in [2.05, 4.69) is 9.72 Å². The molecule has 1 amide bonds. The van der Waals surface area contributed by atoms with Gasteiger partial charge in [0.05, 0.1) is 12.7 Å². The number of carboxylic acid groups (broad SMARTS) is 1. The van der Waals surface area contributed by atoms with Crippen LogP contribution < -0.4 is 4.90 Å². The molecule has 0 unspecified atom stereocenters. The quantitative estimate of drug-likeness (QED) is 0.661. The number of amides is 1. The van der Waals surface area contributed by atoms with Crippen LogP contribution in [0.1, 0.15) is 17.3 Å². The summed E-state index contributed by atoms with van der Waals surface area (Å²) >= 11 is 5.94. The van der Waals surface area contributed by atoms with E-state index in [1.807, 2.05) is 11.8 Å². The van der Waals surface area contributed by atoms with Gasteiger partial charge in [-0.25, -0.2) is 14.6 Å². The number of pyridine rings is 1. The Balaban J connectivity index is 2.21. The first-order valence-corrected chi connectivity index (χ1v) is 6.80. The van der Waals surface area contributed by atoms with Gasteiger partial charge in [-0.05, 0) is 19.1 Å². The summed E-state index contributed by atoms with van der Waals surface area (Å²) < 4.78 is 4.67. The molecule has 0 spiro atoms. The summed E-state index contributed by atoms with van der Waals surface area (Å²) in [4.78, 5) is 30.1. The molecule has 114 valence electrons. The molecule has 1 aliphatic rings. The zero-order chi connectivity index (χ0) is 15.6. The molecule has 8 heteroatoms. The molecule has 1 atom stereocenters. The van der Waals surface area contributed by atoms with Crippen LogP contribution in [0, 0.1) is 0 Å². The van der Waals surface area contributed by atoms with E-state index in [0.717, 1.165) is 0 Å². The van der Waals surface area contributed by atoms with Crippen molar-refractivity contribution in [3.05, 3.63) is 22.8 Å². The van der Waals surface area contributed by atoms with E-state index in [0.29, 0.717) is 31.0 Å². The molecule has 0 bridgehead atoms. The van der Waals surface area contributed by atoms with Crippen LogP contribution in [0.25, 0.3) is 0 Å². The molecule has 2 rings (SSSR count). The number of piperazine rings is 1. The second kappa shape index (κ2) is 6.17. The van der Waals surface area contributed by atoms with Crippen LogP contribution in [-0.2, 0) is 4.74 Å². The van der Waals surface area contributed by atoms with Crippen molar-refractivity contribution in [1.82, 2.24) is 9.88 Å². The van der Waals surface area contributed by atoms with Crippen molar-refractivity contribution in [2.45, 2.75) is 13.0 Å². The van der Waals surface area contributed by atoms with E-state index >= 15 is 0 Å². The maximum absolute atomic E-state index is 11.6. The van der Waals surface area contributed by atoms with Gasteiger partial charge in [0.15, 0.2) is 0 Å². The van der Waals surface area contributed by atoms with Gasteiger partial charge in [0, 0.05) is 25.7 Å². The molecule has 0 saturated carbocycles. The normalized spacial score (nSPS) is 18.5. The lowest BCUT2D eigenvalue weighted by atomic mass is 10.2. The molecule has 1 N–H and O–H groups in total. The summed E-state index contributed by atoms with van der Waals surface area (Å²) in [6, 6.07) is 2.87. The first kappa shape index (κ1) is 15.4. The molecule has 0 radical (unpaired) electrons. The Kier molecular flexibility index (Phi) is 4.52. The van der Waals surface area contributed by atoms with Crippen LogP contribution >= 0.6 is 11.6 Å². The summed E-state index contributed by atoms with van der Waals surface area (Å²) in [5.74, 6) is 0.0533. The number of anilines is 1. The summed E-state index contributed by atoms with van der Waals surface area (Å²) in [7, 11) is 1.30. The van der Waals surface area contributed by atoms with Gasteiger partial charge in [-0.2, -0.15) is 0 Å². The number of ether oxygens (including phenoxy) is 1. The number of rotatable bonds is 2. The predicted octanol–water partition coefficient (Wildman–Crippen LogP) is 1.71. The average molecular weight is 314 g/mol. The van der Waals surface area contributed by atoms with E-state index in [-0.39, 0.29) is 11.2 Å². The highest BCUT2D eigenvalue weighted by atomic mass is 35.5. The highest BCUT2D eigenvalue weighted by molar-refractivity contribution is 6.29. The van der Waals surface area contributed by atoms with Gasteiger partial charge >= 0.3 is 12.1 Å². The van der Waals surface area contributed by atoms with Gasteiger partial charge in [0.1, 0.15) is 11.0 Å². The molecule has 1 aromatic rings. The number of halogens is 1. The summed E-state index contributed by atoms with van der Waals surface area (Å²) in [5.41, 5.74) is 0.320. The second-order valence-corrected chi connectivity index (χ2v) is 5.19. The molecule has 21 heavy (non-hydrogen) atoms. The van der Waals surface area contributed by atoms with Crippen molar-refractivity contribution in [2.24, 2.45) is 0 Å². The Morgan fingerprint density at radius 3 is 2.71 bits per heavy atom. The molecular formula is C13H16ClN3O4. The number of nitrogens with zero attached hydrogens (tertiary/aromatic N) is 3. The first-order chi connectivity index (χ1) is 9.92. The van der Waals surface area contributed by atoms with Crippen molar-refractivity contribution in [2.75, 3.05) is 31.6 Å². The SMILES string of the molecule is COC(=O)c1cc(Cl)nc(N2CCN(C(=O)O)[C@H](C)C2)c1. The topological polar surface area (TPSA) is 83.0 Å². The lowest BCUT2D eigenvalue weighted by Crippen LogP contribution is -2.54. The lowest BCUT2D eigenvalue weighted by Gasteiger charge is -2.38. The number of carbonyl (C=O) groups is 2. The summed E-state index contributed by atoms with van der Waals surface area (Å²) in [5, 5.41) is 9.26. The number of esters is 1. The molecule has 0 aromatic carbocycles. The average Bonchev–Trinajstić information content (AvgIpc) is 2.45. The van der Waals surface area contributed by atoms with E-state index in [4.69, 9.17) is 16.7 Å². The Bertz CT molecular complexity index is 566. The van der Waals surface area contributed by atoms with Gasteiger partial charge in [-0.15, -0.1) is 0 Å². The smallest absolute Gasteiger partial charge is 0.407 e. The van der Waals surface area contributed by atoms with Crippen LogP contribution in [0.4, 0.5) is 10.6 Å². The summed E-state index contributed by atoms with van der Waals surface area (Å²) in [6.45, 7) is 3.18. The monoisotopic (exact) mass is 313 g/mol. The van der Waals surface area contributed by atoms with Crippen LogP contribution in [0.15, 0.2) is 12.1 Å². The van der Waals surface area contributed by atoms with E-state index in [9.17, 15) is 9.59 Å². The Hall–Kier alpha value is -2.02. The van der Waals surface area contributed by atoms with Crippen molar-refractivity contribution in [3.8, 4) is 0 Å². The zero-order valence-corrected chi connectivity index (χ0v) is 12.5. The minimum Gasteiger partial charge on any atom is -0.465 e. The van der Waals surface area contributed by atoms with Crippen molar-refractivity contribution in [1.29, 1.82) is 0 Å². The fourth-order valence-electron chi connectivity index (χ4n) is 2.33. The van der Waals surface area contributed by atoms with E-state index in [1.165, 1.54) is 18.1 Å². The number of aromatic nitrogens is 1. The minimum atomic E-state index is -0.934. The van der Waals surface area contributed by atoms with Gasteiger partial charge in [0.2, 0.25) is 0 Å². The van der Waals surface area contributed by atoms with Gasteiger partial charge in [-0.3, -0.25) is 0 Å². The molecule has 1 aliphatic heterocycles. The van der Waals surface area contributed by atoms with Crippen LogP contribution in [0.3, 0.4) is 0 Å². The maximum Gasteiger partial charge on any atom is 0.407 e. The molecular weight excluding hydrogens is 298 g/mol. The third-order valence-electron chi connectivity index (χ3n) is 3.40. The molecule has 0 aliphatic carbocycles. The van der Waals surface area contributed by atoms with Crippen LogP contribution in [0.2, 0.25) is 5.15 Å². The predicted molar refractivity (Wildman–Crippen MR) is 77.0 cm³/mol. The maximum atomic E-state index is 11.6. The van der Waals surface area contributed by atoms with E-state index < -0.39 is 12.1 Å². The lowest BCUT2D eigenvalue weighted by molar-refractivity contribution is 0.0600. The Morgan fingerprint density at radius 2 is 2.14 bits per heavy atom. The van der Waals surface area contributed by atoms with Crippen LogP contribution in [-0.4, -0.2) is 59.8 Å². The Morgan fingerprint density at radius 1 is 1.43 bits per heavy atom. The highest BCUT2D eigenvalue weighted by Gasteiger charge is 2.28. The third kappa shape index (κ3) is 3.36. The third-order valence-corrected chi connectivity index (χ3v) is 3.59. The van der Waals surface area contributed by atoms with Gasteiger partial charge in [-0.1, -0.05) is 11.6 Å². The largest absolute Gasteiger partial charge is 0.465 e. The number of hydrogen-bond acceptors (Lipinski definition) is 5. The van der Waals surface area contributed by atoms with Crippen molar-refractivity contribution >= 4 is 29.5 Å². The zero-order valence-electron chi connectivity index (χ0n) is 11.7. The number of carbonyl (C=O) groups excluding carboxylic acids is 1. The molecule has 7 nitrogen and oxygen atoms in total. The Labute approximate surface area is 127 Å². The van der Waals surface area contributed by atoms with Gasteiger partial charge in [0.25, 0.3) is 0 Å². The van der Waals surface area contributed by atoms with E-state index in [1.54, 1.807) is 6.07 Å². The highest BCUT2D eigenvalue weighted by Crippen LogP contribution is 2.22. The molecule has 1 fully saturated rings. The van der Waals surface area contributed by atoms with Crippen LogP contribution in [0.5, 0.6) is 0 Å². The standard InChI is InChI=1S/C13H16ClN3O4/c1-8-7-16(3-4-17(8)13(19)20)11-6-9(12(18)21-2)5-10(14)15-11/h5-6,8H,3-4,7H2,1-2H3,(H,19,20)/t8-/m1/s1. The molecule has 1 saturated heterocycles.